The van der Waals surface area contributed by atoms with E-state index in [0.717, 1.165) is 6.42 Å². The second kappa shape index (κ2) is 5.66. The van der Waals surface area contributed by atoms with Crippen molar-refractivity contribution >= 4 is 22.5 Å². The highest BCUT2D eigenvalue weighted by molar-refractivity contribution is 6.31. The van der Waals surface area contributed by atoms with Crippen molar-refractivity contribution in [3.63, 3.8) is 0 Å². The molecule has 2 aromatic heterocycles. The van der Waals surface area contributed by atoms with Crippen LogP contribution in [0.1, 0.15) is 18.3 Å². The Morgan fingerprint density at radius 2 is 2.00 bits per heavy atom. The minimum Gasteiger partial charge on any atom is -0.305 e. The van der Waals surface area contributed by atoms with Gasteiger partial charge in [0.1, 0.15) is 0 Å². The lowest BCUT2D eigenvalue weighted by molar-refractivity contribution is -0.689. The summed E-state index contributed by atoms with van der Waals surface area (Å²) in [5.74, 6) is 0.615. The number of nitrogens with one attached hydrogen (secondary N) is 1. The summed E-state index contributed by atoms with van der Waals surface area (Å²) in [5.41, 5.74) is 1.75. The summed E-state index contributed by atoms with van der Waals surface area (Å²) in [6.45, 7) is 2.63. The Labute approximate surface area is 127 Å². The molecule has 0 atom stereocenters. The van der Waals surface area contributed by atoms with Crippen LogP contribution in [0.2, 0.25) is 5.02 Å². The van der Waals surface area contributed by atoms with E-state index in [-0.39, 0.29) is 5.56 Å². The molecule has 5 heteroatoms. The predicted octanol–water partition coefficient (Wildman–Crippen LogP) is 2.47. The van der Waals surface area contributed by atoms with Crippen molar-refractivity contribution in [2.24, 2.45) is 0 Å². The minimum absolute atomic E-state index is 0.141. The van der Waals surface area contributed by atoms with Crippen LogP contribution in [-0.4, -0.2) is 9.97 Å². The molecule has 21 heavy (non-hydrogen) atoms. The van der Waals surface area contributed by atoms with Gasteiger partial charge >= 0.3 is 0 Å². The zero-order valence-corrected chi connectivity index (χ0v) is 12.4. The molecule has 0 saturated heterocycles. The monoisotopic (exact) mass is 300 g/mol. The van der Waals surface area contributed by atoms with Gasteiger partial charge in [0, 0.05) is 17.2 Å². The number of nitrogens with zero attached hydrogens (tertiary/aromatic N) is 2. The van der Waals surface area contributed by atoms with E-state index >= 15 is 0 Å². The summed E-state index contributed by atoms with van der Waals surface area (Å²) >= 11 is 5.96. The highest BCUT2D eigenvalue weighted by atomic mass is 35.5. The first-order chi connectivity index (χ1) is 10.2. The molecule has 106 valence electrons. The fourth-order valence-corrected chi connectivity index (χ4v) is 2.40. The average Bonchev–Trinajstić information content (AvgIpc) is 2.47. The van der Waals surface area contributed by atoms with Crippen LogP contribution in [0.3, 0.4) is 0 Å². The molecule has 0 unspecified atom stereocenters. The van der Waals surface area contributed by atoms with E-state index in [9.17, 15) is 4.79 Å². The van der Waals surface area contributed by atoms with Crippen LogP contribution in [0, 0.1) is 0 Å². The normalized spacial score (nSPS) is 11.0. The van der Waals surface area contributed by atoms with E-state index in [1.54, 1.807) is 18.2 Å². The van der Waals surface area contributed by atoms with Crippen molar-refractivity contribution in [2.45, 2.75) is 19.9 Å². The number of hydrogen-bond acceptors (Lipinski definition) is 2. The molecule has 0 aliphatic heterocycles. The van der Waals surface area contributed by atoms with Gasteiger partial charge in [0.05, 0.1) is 10.9 Å². The molecule has 3 aromatic rings. The Bertz CT molecular complexity index is 840. The van der Waals surface area contributed by atoms with Gasteiger partial charge in [-0.25, -0.2) is 4.98 Å². The van der Waals surface area contributed by atoms with Gasteiger partial charge in [0.25, 0.3) is 5.56 Å². The van der Waals surface area contributed by atoms with E-state index in [1.807, 2.05) is 17.0 Å². The third kappa shape index (κ3) is 2.95. The fraction of sp³-hybridized carbons (Fsp3) is 0.188. The van der Waals surface area contributed by atoms with Crippen molar-refractivity contribution in [3.05, 3.63) is 69.5 Å². The Kier molecular flexibility index (Phi) is 3.71. The maximum absolute atomic E-state index is 12.1. The molecular weight excluding hydrogens is 286 g/mol. The predicted molar refractivity (Wildman–Crippen MR) is 82.5 cm³/mol. The van der Waals surface area contributed by atoms with Gasteiger partial charge in [-0.2, -0.15) is 4.57 Å². The van der Waals surface area contributed by atoms with Gasteiger partial charge in [-0.15, -0.1) is 0 Å². The van der Waals surface area contributed by atoms with Gasteiger partial charge in [-0.3, -0.25) is 4.79 Å². The molecule has 0 spiro atoms. The summed E-state index contributed by atoms with van der Waals surface area (Å²) in [4.78, 5) is 19.3. The third-order valence-corrected chi connectivity index (χ3v) is 3.65. The molecule has 1 aromatic carbocycles. The second-order valence-corrected chi connectivity index (χ2v) is 5.34. The standard InChI is InChI=1S/C16H14ClN3O/c1-2-11-5-7-20(8-6-11)10-15-18-14-9-12(17)3-4-13(14)16(21)19-15/h3-9H,2,10H2,1H3/p+1. The molecule has 0 aliphatic carbocycles. The maximum atomic E-state index is 12.1. The molecule has 2 heterocycles. The summed E-state index contributed by atoms with van der Waals surface area (Å²) in [5, 5.41) is 1.13. The maximum Gasteiger partial charge on any atom is 0.258 e. The zero-order valence-electron chi connectivity index (χ0n) is 11.6. The summed E-state index contributed by atoms with van der Waals surface area (Å²) in [7, 11) is 0. The molecule has 1 N–H and O–H groups in total. The number of halogens is 1. The topological polar surface area (TPSA) is 49.6 Å². The summed E-state index contributed by atoms with van der Waals surface area (Å²) in [6.07, 6.45) is 4.98. The number of aryl methyl sites for hydroxylation is 1. The smallest absolute Gasteiger partial charge is 0.258 e. The molecule has 0 amide bonds. The van der Waals surface area contributed by atoms with Crippen LogP contribution in [0.15, 0.2) is 47.5 Å². The minimum atomic E-state index is -0.141. The number of pyridine rings is 1. The molecule has 0 saturated carbocycles. The summed E-state index contributed by atoms with van der Waals surface area (Å²) in [6, 6.07) is 9.22. The van der Waals surface area contributed by atoms with Gasteiger partial charge < -0.3 is 4.98 Å². The number of hydrogen-bond donors (Lipinski definition) is 1. The second-order valence-electron chi connectivity index (χ2n) is 4.91. The largest absolute Gasteiger partial charge is 0.305 e. The first-order valence-electron chi connectivity index (χ1n) is 6.82. The van der Waals surface area contributed by atoms with E-state index in [4.69, 9.17) is 11.6 Å². The van der Waals surface area contributed by atoms with Crippen LogP contribution in [-0.2, 0) is 13.0 Å². The SMILES string of the molecule is CCc1cc[n+](Cc2nc3cc(Cl)ccc3c(=O)[nH]2)cc1. The van der Waals surface area contributed by atoms with Crippen molar-refractivity contribution < 1.29 is 4.57 Å². The molecule has 0 fully saturated rings. The molecule has 4 nitrogen and oxygen atoms in total. The van der Waals surface area contributed by atoms with Crippen molar-refractivity contribution in [3.8, 4) is 0 Å². The van der Waals surface area contributed by atoms with Gasteiger partial charge in [0.15, 0.2) is 18.2 Å². The lowest BCUT2D eigenvalue weighted by Gasteiger charge is -2.02. The number of fused-ring (bicyclic) bond motifs is 1. The quantitative estimate of drug-likeness (QED) is 0.756. The van der Waals surface area contributed by atoms with Crippen molar-refractivity contribution in [1.29, 1.82) is 0 Å². The number of aromatic nitrogens is 3. The molecule has 0 bridgehead atoms. The third-order valence-electron chi connectivity index (χ3n) is 3.42. The van der Waals surface area contributed by atoms with Gasteiger partial charge in [-0.05, 0) is 30.2 Å². The number of H-pyrrole nitrogens is 1. The number of benzene rings is 1. The Hall–Kier alpha value is -2.20. The van der Waals surface area contributed by atoms with E-state index < -0.39 is 0 Å². The van der Waals surface area contributed by atoms with E-state index in [2.05, 4.69) is 29.0 Å². The number of rotatable bonds is 3. The molecule has 0 aliphatic rings. The first kappa shape index (κ1) is 13.8. The average molecular weight is 301 g/mol. The van der Waals surface area contributed by atoms with Crippen LogP contribution in [0.25, 0.3) is 10.9 Å². The Morgan fingerprint density at radius 3 is 2.71 bits per heavy atom. The van der Waals surface area contributed by atoms with Crippen molar-refractivity contribution in [1.82, 2.24) is 9.97 Å². The molecule has 0 radical (unpaired) electrons. The number of aromatic amines is 1. The lowest BCUT2D eigenvalue weighted by Crippen LogP contribution is -2.35. The fourth-order valence-electron chi connectivity index (χ4n) is 2.24. The van der Waals surface area contributed by atoms with Gasteiger partial charge in [0.2, 0.25) is 6.54 Å². The van der Waals surface area contributed by atoms with Crippen molar-refractivity contribution in [2.75, 3.05) is 0 Å². The van der Waals surface area contributed by atoms with Crippen LogP contribution in [0.4, 0.5) is 0 Å². The first-order valence-corrected chi connectivity index (χ1v) is 7.20. The molecule has 3 rings (SSSR count). The van der Waals surface area contributed by atoms with Crippen LogP contribution in [0.5, 0.6) is 0 Å². The van der Waals surface area contributed by atoms with E-state index in [1.165, 1.54) is 5.56 Å². The van der Waals surface area contributed by atoms with Crippen LogP contribution >= 0.6 is 11.6 Å². The highest BCUT2D eigenvalue weighted by Crippen LogP contribution is 2.14. The van der Waals surface area contributed by atoms with Gasteiger partial charge in [-0.1, -0.05) is 18.5 Å². The zero-order chi connectivity index (χ0) is 14.8. The Morgan fingerprint density at radius 1 is 1.24 bits per heavy atom. The molecular formula is C16H15ClN3O+. The highest BCUT2D eigenvalue weighted by Gasteiger charge is 2.08. The van der Waals surface area contributed by atoms with Crippen LogP contribution < -0.4 is 10.1 Å². The van der Waals surface area contributed by atoms with E-state index in [0.29, 0.717) is 28.3 Å². The lowest BCUT2D eigenvalue weighted by atomic mass is 10.2. The summed E-state index contributed by atoms with van der Waals surface area (Å²) < 4.78 is 1.98. The Balaban J connectivity index is 1.98.